The van der Waals surface area contributed by atoms with E-state index in [9.17, 15) is 4.39 Å². The third-order valence-corrected chi connectivity index (χ3v) is 4.85. The molecule has 1 N–H and O–H groups in total. The van der Waals surface area contributed by atoms with Crippen LogP contribution in [0.25, 0.3) is 27.8 Å². The third kappa shape index (κ3) is 2.91. The van der Waals surface area contributed by atoms with Gasteiger partial charge in [0.05, 0.1) is 35.0 Å². The Labute approximate surface area is 156 Å². The van der Waals surface area contributed by atoms with Crippen LogP contribution in [0.3, 0.4) is 0 Å². The monoisotopic (exact) mass is 362 g/mol. The first-order valence-electron chi connectivity index (χ1n) is 8.85. The highest BCUT2D eigenvalue weighted by atomic mass is 19.1. The van der Waals surface area contributed by atoms with Gasteiger partial charge in [0.1, 0.15) is 5.67 Å². The fourth-order valence-electron chi connectivity index (χ4n) is 3.36. The van der Waals surface area contributed by atoms with Crippen LogP contribution in [-0.4, -0.2) is 36.8 Å². The van der Waals surface area contributed by atoms with Crippen molar-refractivity contribution in [1.29, 1.82) is 0 Å². The van der Waals surface area contributed by atoms with Gasteiger partial charge in [-0.3, -0.25) is 4.98 Å². The molecular formula is C20H19FN6. The summed E-state index contributed by atoms with van der Waals surface area (Å²) in [6, 6.07) is 9.66. The standard InChI is InChI=1S/C20H17FN6.H2/c21-20(8-1-2-9-20)13-24-19-23-12-18-14(7-11-27(18)26-19)15-5-6-16-17(25-15)4-3-10-22-16;/h1-7,10-12H,8-9,13H2,(H,24,26);1H. The molecule has 0 aliphatic heterocycles. The number of pyridine rings is 2. The van der Waals surface area contributed by atoms with Crippen molar-refractivity contribution in [3.63, 3.8) is 0 Å². The Morgan fingerprint density at radius 1 is 1.11 bits per heavy atom. The molecule has 0 radical (unpaired) electrons. The quantitative estimate of drug-likeness (QED) is 0.555. The predicted octanol–water partition coefficient (Wildman–Crippen LogP) is 4.06. The van der Waals surface area contributed by atoms with E-state index in [1.54, 1.807) is 16.9 Å². The zero-order valence-electron chi connectivity index (χ0n) is 14.5. The van der Waals surface area contributed by atoms with E-state index in [1.165, 1.54) is 0 Å². The summed E-state index contributed by atoms with van der Waals surface area (Å²) in [7, 11) is 0. The Balaban J connectivity index is 0.00000192. The number of fused-ring (bicyclic) bond motifs is 2. The van der Waals surface area contributed by atoms with Crippen molar-refractivity contribution in [3.8, 4) is 11.3 Å². The zero-order chi connectivity index (χ0) is 18.3. The van der Waals surface area contributed by atoms with Crippen LogP contribution < -0.4 is 5.32 Å². The molecule has 0 aromatic carbocycles. The Kier molecular flexibility index (Phi) is 3.60. The van der Waals surface area contributed by atoms with Crippen molar-refractivity contribution in [2.45, 2.75) is 18.5 Å². The molecule has 0 fully saturated rings. The molecule has 0 atom stereocenters. The second-order valence-electron chi connectivity index (χ2n) is 6.76. The minimum absolute atomic E-state index is 0. The summed E-state index contributed by atoms with van der Waals surface area (Å²) in [6.07, 6.45) is 9.94. The van der Waals surface area contributed by atoms with Crippen molar-refractivity contribution >= 4 is 22.5 Å². The van der Waals surface area contributed by atoms with Crippen LogP contribution >= 0.6 is 0 Å². The summed E-state index contributed by atoms with van der Waals surface area (Å²) < 4.78 is 16.2. The van der Waals surface area contributed by atoms with Crippen molar-refractivity contribution < 1.29 is 5.82 Å². The number of anilines is 1. The van der Waals surface area contributed by atoms with E-state index in [0.29, 0.717) is 18.8 Å². The van der Waals surface area contributed by atoms with Gasteiger partial charge in [-0.15, -0.1) is 5.10 Å². The second-order valence-corrected chi connectivity index (χ2v) is 6.76. The first-order chi connectivity index (χ1) is 13.2. The van der Waals surface area contributed by atoms with Gasteiger partial charge in [0, 0.05) is 32.2 Å². The summed E-state index contributed by atoms with van der Waals surface area (Å²) in [4.78, 5) is 13.3. The third-order valence-electron chi connectivity index (χ3n) is 4.85. The summed E-state index contributed by atoms with van der Waals surface area (Å²) in [5, 5.41) is 7.45. The molecule has 4 aromatic heterocycles. The molecule has 4 heterocycles. The summed E-state index contributed by atoms with van der Waals surface area (Å²) >= 11 is 0. The second kappa shape index (κ2) is 6.12. The fraction of sp³-hybridized carbons (Fsp3) is 0.200. The lowest BCUT2D eigenvalue weighted by molar-refractivity contribution is 0.198. The lowest BCUT2D eigenvalue weighted by Crippen LogP contribution is -2.29. The van der Waals surface area contributed by atoms with Gasteiger partial charge in [-0.2, -0.15) is 0 Å². The summed E-state index contributed by atoms with van der Waals surface area (Å²) in [6.45, 7) is 0.193. The maximum absolute atomic E-state index is 14.5. The van der Waals surface area contributed by atoms with Crippen LogP contribution in [0.4, 0.5) is 10.3 Å². The van der Waals surface area contributed by atoms with E-state index in [1.807, 2.05) is 48.7 Å². The zero-order valence-corrected chi connectivity index (χ0v) is 14.5. The first kappa shape index (κ1) is 15.9. The average Bonchev–Trinajstić information content (AvgIpc) is 3.32. The highest BCUT2D eigenvalue weighted by Gasteiger charge is 2.30. The summed E-state index contributed by atoms with van der Waals surface area (Å²) in [5.41, 5.74) is 3.06. The molecule has 4 aromatic rings. The van der Waals surface area contributed by atoms with Crippen LogP contribution in [0.1, 0.15) is 14.3 Å². The number of nitrogens with zero attached hydrogens (tertiary/aromatic N) is 5. The van der Waals surface area contributed by atoms with Gasteiger partial charge in [0.2, 0.25) is 5.95 Å². The summed E-state index contributed by atoms with van der Waals surface area (Å²) in [5.74, 6) is 0.407. The maximum atomic E-state index is 14.5. The predicted molar refractivity (Wildman–Crippen MR) is 104 cm³/mol. The average molecular weight is 362 g/mol. The molecule has 0 spiro atoms. The normalized spacial score (nSPS) is 15.6. The van der Waals surface area contributed by atoms with E-state index in [0.717, 1.165) is 27.8 Å². The Hall–Kier alpha value is -3.35. The molecule has 1 aliphatic carbocycles. The van der Waals surface area contributed by atoms with E-state index >= 15 is 0 Å². The van der Waals surface area contributed by atoms with Crippen molar-refractivity contribution in [1.82, 2.24) is 24.6 Å². The van der Waals surface area contributed by atoms with Crippen molar-refractivity contribution in [3.05, 3.63) is 61.1 Å². The Morgan fingerprint density at radius 3 is 2.89 bits per heavy atom. The van der Waals surface area contributed by atoms with Crippen LogP contribution in [0, 0.1) is 0 Å². The van der Waals surface area contributed by atoms with Gasteiger partial charge in [-0.25, -0.2) is 18.9 Å². The molecule has 0 saturated carbocycles. The Bertz CT molecular complexity index is 1160. The van der Waals surface area contributed by atoms with Crippen LogP contribution in [0.2, 0.25) is 0 Å². The topological polar surface area (TPSA) is 68.0 Å². The lowest BCUT2D eigenvalue weighted by atomic mass is 10.0. The molecular weight excluding hydrogens is 343 g/mol. The minimum Gasteiger partial charge on any atom is -0.350 e. The minimum atomic E-state index is -1.25. The molecule has 0 bridgehead atoms. The number of nitrogens with one attached hydrogen (secondary N) is 1. The molecule has 136 valence electrons. The lowest BCUT2D eigenvalue weighted by Gasteiger charge is -2.19. The van der Waals surface area contributed by atoms with Gasteiger partial charge in [0.25, 0.3) is 0 Å². The smallest absolute Gasteiger partial charge is 0.241 e. The van der Waals surface area contributed by atoms with Crippen LogP contribution in [0.5, 0.6) is 0 Å². The molecule has 6 nitrogen and oxygen atoms in total. The number of aromatic nitrogens is 5. The molecule has 0 saturated heterocycles. The number of allylic oxidation sites excluding steroid dienone is 2. The molecule has 0 unspecified atom stereocenters. The van der Waals surface area contributed by atoms with Gasteiger partial charge >= 0.3 is 0 Å². The first-order valence-corrected chi connectivity index (χ1v) is 8.85. The molecule has 7 heteroatoms. The molecule has 0 amide bonds. The van der Waals surface area contributed by atoms with E-state index in [4.69, 9.17) is 0 Å². The maximum Gasteiger partial charge on any atom is 0.241 e. The number of rotatable bonds is 4. The van der Waals surface area contributed by atoms with Gasteiger partial charge < -0.3 is 5.32 Å². The highest BCUT2D eigenvalue weighted by Crippen LogP contribution is 2.28. The SMILES string of the molecule is FC1(CNc2ncc3c(-c4ccc5ncccc5n4)ccn3n2)CC=CC1.[HH]. The van der Waals surface area contributed by atoms with Gasteiger partial charge in [-0.05, 0) is 30.3 Å². The number of hydrogen-bond donors (Lipinski definition) is 1. The molecule has 5 rings (SSSR count). The fourth-order valence-corrected chi connectivity index (χ4v) is 3.36. The van der Waals surface area contributed by atoms with E-state index in [2.05, 4.69) is 25.4 Å². The van der Waals surface area contributed by atoms with E-state index < -0.39 is 5.67 Å². The molecule has 27 heavy (non-hydrogen) atoms. The number of alkyl halides is 1. The highest BCUT2D eigenvalue weighted by molar-refractivity contribution is 5.83. The van der Waals surface area contributed by atoms with Gasteiger partial charge in [0.15, 0.2) is 0 Å². The largest absolute Gasteiger partial charge is 0.350 e. The van der Waals surface area contributed by atoms with Crippen molar-refractivity contribution in [2.75, 3.05) is 11.9 Å². The van der Waals surface area contributed by atoms with Gasteiger partial charge in [-0.1, -0.05) is 12.2 Å². The van der Waals surface area contributed by atoms with Crippen LogP contribution in [0.15, 0.2) is 61.1 Å². The number of halogens is 1. The Morgan fingerprint density at radius 2 is 2.00 bits per heavy atom. The van der Waals surface area contributed by atoms with E-state index in [-0.39, 0.29) is 7.97 Å². The van der Waals surface area contributed by atoms with Crippen LogP contribution in [-0.2, 0) is 0 Å². The molecule has 1 aliphatic rings. The number of hydrogen-bond acceptors (Lipinski definition) is 5. The van der Waals surface area contributed by atoms with Crippen molar-refractivity contribution in [2.24, 2.45) is 0 Å².